The molecule has 4 heteroatoms. The molecule has 1 fully saturated rings. The van der Waals surface area contributed by atoms with E-state index < -0.39 is 0 Å². The second kappa shape index (κ2) is 6.38. The fourth-order valence-corrected chi connectivity index (χ4v) is 3.99. The van der Waals surface area contributed by atoms with E-state index in [-0.39, 0.29) is 11.8 Å². The van der Waals surface area contributed by atoms with Gasteiger partial charge in [-0.2, -0.15) is 0 Å². The van der Waals surface area contributed by atoms with Gasteiger partial charge in [-0.3, -0.25) is 9.69 Å². The van der Waals surface area contributed by atoms with Crippen LogP contribution in [0.5, 0.6) is 0 Å². The van der Waals surface area contributed by atoms with Crippen LogP contribution >= 0.6 is 22.9 Å². The van der Waals surface area contributed by atoms with Crippen LogP contribution in [0.3, 0.4) is 0 Å². The van der Waals surface area contributed by atoms with E-state index >= 15 is 0 Å². The molecule has 19 heavy (non-hydrogen) atoms. The van der Waals surface area contributed by atoms with Gasteiger partial charge in [0.15, 0.2) is 5.78 Å². The van der Waals surface area contributed by atoms with Crippen LogP contribution in [0.2, 0.25) is 4.34 Å². The van der Waals surface area contributed by atoms with Gasteiger partial charge in [0.2, 0.25) is 0 Å². The lowest BCUT2D eigenvalue weighted by Crippen LogP contribution is -2.44. The van der Waals surface area contributed by atoms with Gasteiger partial charge in [0.05, 0.1) is 15.3 Å². The molecular weight excluding hydrogens is 278 g/mol. The van der Waals surface area contributed by atoms with E-state index in [1.54, 1.807) is 6.07 Å². The lowest BCUT2D eigenvalue weighted by molar-refractivity contribution is 0.0752. The number of carbonyl (C=O) groups excluding carboxylic acids is 1. The molecular formula is C15H22ClNOS. The first kappa shape index (κ1) is 15.0. The Hall–Kier alpha value is -0.380. The van der Waals surface area contributed by atoms with Gasteiger partial charge in [-0.25, -0.2) is 0 Å². The van der Waals surface area contributed by atoms with Crippen LogP contribution in [0.4, 0.5) is 0 Å². The first-order chi connectivity index (χ1) is 8.99. The zero-order valence-electron chi connectivity index (χ0n) is 11.9. The molecule has 0 bridgehead atoms. The minimum atomic E-state index is -0.0648. The number of thiophene rings is 1. The van der Waals surface area contributed by atoms with E-state index in [1.165, 1.54) is 37.0 Å². The van der Waals surface area contributed by atoms with Crippen LogP contribution < -0.4 is 0 Å². The summed E-state index contributed by atoms with van der Waals surface area (Å²) in [4.78, 5) is 15.5. The molecule has 1 aromatic rings. The Labute approximate surface area is 124 Å². The number of likely N-dealkylation sites (N-methyl/N-ethyl adjacent to an activating group) is 1. The van der Waals surface area contributed by atoms with Crippen molar-refractivity contribution in [1.29, 1.82) is 0 Å². The fraction of sp³-hybridized carbons (Fsp3) is 0.667. The molecule has 0 radical (unpaired) electrons. The maximum absolute atomic E-state index is 12.4. The van der Waals surface area contributed by atoms with Gasteiger partial charge in [-0.1, -0.05) is 31.4 Å². The number of ketones is 1. The van der Waals surface area contributed by atoms with Crippen molar-refractivity contribution in [2.45, 2.75) is 51.6 Å². The van der Waals surface area contributed by atoms with Crippen LogP contribution in [-0.4, -0.2) is 29.8 Å². The van der Waals surface area contributed by atoms with Crippen molar-refractivity contribution in [3.63, 3.8) is 0 Å². The molecule has 0 amide bonds. The van der Waals surface area contributed by atoms with Crippen LogP contribution in [0.25, 0.3) is 0 Å². The lowest BCUT2D eigenvalue weighted by atomic mass is 9.85. The van der Waals surface area contributed by atoms with E-state index in [9.17, 15) is 4.79 Å². The van der Waals surface area contributed by atoms with E-state index in [1.807, 2.05) is 13.0 Å². The third-order valence-corrected chi connectivity index (χ3v) is 5.54. The van der Waals surface area contributed by atoms with Crippen LogP contribution in [0, 0.1) is 5.92 Å². The molecule has 1 heterocycles. The Kier molecular flexibility index (Phi) is 5.04. The lowest BCUT2D eigenvalue weighted by Gasteiger charge is -2.37. The number of halogens is 1. The summed E-state index contributed by atoms with van der Waals surface area (Å²) in [5, 5.41) is 0. The Bertz CT molecular complexity index is 445. The summed E-state index contributed by atoms with van der Waals surface area (Å²) < 4.78 is 0.685. The largest absolute Gasteiger partial charge is 0.294 e. The van der Waals surface area contributed by atoms with Gasteiger partial charge in [-0.15, -0.1) is 11.3 Å². The van der Waals surface area contributed by atoms with Gasteiger partial charge >= 0.3 is 0 Å². The average Bonchev–Trinajstić information content (AvgIpc) is 2.83. The van der Waals surface area contributed by atoms with Gasteiger partial charge in [-0.05, 0) is 44.9 Å². The van der Waals surface area contributed by atoms with Gasteiger partial charge in [0.1, 0.15) is 0 Å². The van der Waals surface area contributed by atoms with Crippen molar-refractivity contribution >= 4 is 28.7 Å². The van der Waals surface area contributed by atoms with Crippen LogP contribution in [-0.2, 0) is 0 Å². The predicted molar refractivity (Wildman–Crippen MR) is 82.3 cm³/mol. The average molecular weight is 300 g/mol. The molecule has 3 atom stereocenters. The standard InChI is InChI=1S/C15H22ClNOS/c1-10-5-4-6-12(9-10)17(3)11(2)15(18)13-7-8-14(16)19-13/h7-8,10-12H,4-6,9H2,1-3H3. The van der Waals surface area contributed by atoms with Crippen molar-refractivity contribution in [3.05, 3.63) is 21.3 Å². The van der Waals surface area contributed by atoms with E-state index in [0.717, 1.165) is 10.8 Å². The highest BCUT2D eigenvalue weighted by atomic mass is 35.5. The van der Waals surface area contributed by atoms with E-state index in [4.69, 9.17) is 11.6 Å². The monoisotopic (exact) mass is 299 g/mol. The number of carbonyl (C=O) groups is 1. The normalized spacial score (nSPS) is 25.5. The smallest absolute Gasteiger partial charge is 0.189 e. The summed E-state index contributed by atoms with van der Waals surface area (Å²) in [6, 6.07) is 4.11. The minimum absolute atomic E-state index is 0.0648. The number of nitrogens with zero attached hydrogens (tertiary/aromatic N) is 1. The Morgan fingerprint density at radius 1 is 1.47 bits per heavy atom. The highest BCUT2D eigenvalue weighted by Crippen LogP contribution is 2.29. The molecule has 1 saturated carbocycles. The van der Waals surface area contributed by atoms with Crippen molar-refractivity contribution in [2.24, 2.45) is 5.92 Å². The van der Waals surface area contributed by atoms with Crippen molar-refractivity contribution in [3.8, 4) is 0 Å². The summed E-state index contributed by atoms with van der Waals surface area (Å²) in [6.07, 6.45) is 5.03. The molecule has 0 spiro atoms. The highest BCUT2D eigenvalue weighted by molar-refractivity contribution is 7.18. The third kappa shape index (κ3) is 3.59. The molecule has 0 aromatic carbocycles. The number of hydrogen-bond donors (Lipinski definition) is 0. The second-order valence-corrected chi connectivity index (χ2v) is 7.45. The molecule has 2 rings (SSSR count). The molecule has 0 saturated heterocycles. The summed E-state index contributed by atoms with van der Waals surface area (Å²) in [6.45, 7) is 4.32. The summed E-state index contributed by atoms with van der Waals surface area (Å²) in [5.74, 6) is 0.970. The first-order valence-electron chi connectivity index (χ1n) is 7.00. The molecule has 1 aliphatic rings. The summed E-state index contributed by atoms with van der Waals surface area (Å²) in [5.41, 5.74) is 0. The van der Waals surface area contributed by atoms with Gasteiger partial charge in [0.25, 0.3) is 0 Å². The van der Waals surface area contributed by atoms with Gasteiger partial charge in [0, 0.05) is 6.04 Å². The topological polar surface area (TPSA) is 20.3 Å². The molecule has 1 aromatic heterocycles. The molecule has 2 nitrogen and oxygen atoms in total. The molecule has 0 aliphatic heterocycles. The quantitative estimate of drug-likeness (QED) is 0.764. The Morgan fingerprint density at radius 3 is 2.79 bits per heavy atom. The Morgan fingerprint density at radius 2 is 2.21 bits per heavy atom. The maximum atomic E-state index is 12.4. The Balaban J connectivity index is 2.02. The SMILES string of the molecule is CC1CCCC(N(C)C(C)C(=O)c2ccc(Cl)s2)C1. The predicted octanol–water partition coefficient (Wildman–Crippen LogP) is 4.48. The first-order valence-corrected chi connectivity index (χ1v) is 8.20. The molecule has 0 N–H and O–H groups in total. The highest BCUT2D eigenvalue weighted by Gasteiger charge is 2.29. The zero-order chi connectivity index (χ0) is 14.0. The fourth-order valence-electron chi connectivity index (χ4n) is 2.93. The maximum Gasteiger partial charge on any atom is 0.189 e. The van der Waals surface area contributed by atoms with Gasteiger partial charge < -0.3 is 0 Å². The number of Topliss-reactive ketones (excluding diaryl/α,β-unsaturated/α-hetero) is 1. The molecule has 3 unspecified atom stereocenters. The number of hydrogen-bond acceptors (Lipinski definition) is 3. The van der Waals surface area contributed by atoms with Crippen LogP contribution in [0.1, 0.15) is 49.2 Å². The van der Waals surface area contributed by atoms with Crippen molar-refractivity contribution in [1.82, 2.24) is 4.90 Å². The molecule has 106 valence electrons. The summed E-state index contributed by atoms with van der Waals surface area (Å²) >= 11 is 7.29. The van der Waals surface area contributed by atoms with E-state index in [2.05, 4.69) is 18.9 Å². The summed E-state index contributed by atoms with van der Waals surface area (Å²) in [7, 11) is 2.08. The van der Waals surface area contributed by atoms with Crippen molar-refractivity contribution < 1.29 is 4.79 Å². The third-order valence-electron chi connectivity index (χ3n) is 4.29. The van der Waals surface area contributed by atoms with Crippen LogP contribution in [0.15, 0.2) is 12.1 Å². The minimum Gasteiger partial charge on any atom is -0.294 e. The molecule has 1 aliphatic carbocycles. The second-order valence-electron chi connectivity index (χ2n) is 5.74. The van der Waals surface area contributed by atoms with E-state index in [0.29, 0.717) is 10.4 Å². The van der Waals surface area contributed by atoms with Crippen molar-refractivity contribution in [2.75, 3.05) is 7.05 Å². The zero-order valence-corrected chi connectivity index (χ0v) is 13.4. The number of rotatable bonds is 4.